The lowest BCUT2D eigenvalue weighted by Crippen LogP contribution is -2.49. The fourth-order valence-corrected chi connectivity index (χ4v) is 6.01. The first-order valence-electron chi connectivity index (χ1n) is 10.5. The van der Waals surface area contributed by atoms with Crippen LogP contribution in [0.2, 0.25) is 5.02 Å². The van der Waals surface area contributed by atoms with Crippen molar-refractivity contribution in [2.75, 3.05) is 44.3 Å². The maximum Gasteiger partial charge on any atom is 0.252 e. The Labute approximate surface area is 211 Å². The minimum absolute atomic E-state index is 0.0295. The van der Waals surface area contributed by atoms with E-state index in [1.807, 2.05) is 0 Å². The molecular formula is C22H23ClIN3O5S. The van der Waals surface area contributed by atoms with Gasteiger partial charge in [-0.25, -0.2) is 13.3 Å². The van der Waals surface area contributed by atoms with Crippen molar-refractivity contribution in [2.45, 2.75) is 17.4 Å². The van der Waals surface area contributed by atoms with E-state index >= 15 is 0 Å². The van der Waals surface area contributed by atoms with Crippen LogP contribution < -0.4 is 4.90 Å². The molecule has 2 aromatic rings. The lowest BCUT2D eigenvalue weighted by molar-refractivity contribution is -0.122. The smallest absolute Gasteiger partial charge is 0.252 e. The number of hydrogen-bond donors (Lipinski definition) is 0. The van der Waals surface area contributed by atoms with Crippen LogP contribution in [0, 0.1) is 3.57 Å². The molecule has 0 aliphatic carbocycles. The molecule has 2 aliphatic heterocycles. The third kappa shape index (κ3) is 5.41. The van der Waals surface area contributed by atoms with Crippen molar-refractivity contribution >= 4 is 61.7 Å². The van der Waals surface area contributed by atoms with Crippen LogP contribution in [0.5, 0.6) is 0 Å². The first-order valence-corrected chi connectivity index (χ1v) is 13.4. The van der Waals surface area contributed by atoms with Crippen molar-refractivity contribution in [1.29, 1.82) is 0 Å². The molecule has 33 heavy (non-hydrogen) atoms. The highest BCUT2D eigenvalue weighted by Gasteiger charge is 2.46. The number of ether oxygens (including phenoxy) is 1. The van der Waals surface area contributed by atoms with Crippen molar-refractivity contribution < 1.29 is 22.7 Å². The molecular weight excluding hydrogens is 581 g/mol. The number of benzene rings is 2. The molecule has 0 spiro atoms. The molecule has 2 fully saturated rings. The minimum atomic E-state index is -4.05. The third-order valence-corrected chi connectivity index (χ3v) is 8.61. The average molecular weight is 604 g/mol. The molecule has 11 heteroatoms. The van der Waals surface area contributed by atoms with Gasteiger partial charge in [0.2, 0.25) is 15.9 Å². The maximum absolute atomic E-state index is 13.6. The molecule has 8 nitrogen and oxygen atoms in total. The number of hydrogen-bond acceptors (Lipinski definition) is 6. The van der Waals surface area contributed by atoms with Gasteiger partial charge < -0.3 is 4.74 Å². The number of sulfonamides is 1. The van der Waals surface area contributed by atoms with E-state index in [9.17, 15) is 18.0 Å². The Morgan fingerprint density at radius 2 is 1.67 bits per heavy atom. The molecule has 1 atom stereocenters. The van der Waals surface area contributed by atoms with Gasteiger partial charge in [-0.3, -0.25) is 14.5 Å². The summed E-state index contributed by atoms with van der Waals surface area (Å²) in [5.74, 6) is -0.963. The van der Waals surface area contributed by atoms with Crippen molar-refractivity contribution in [3.05, 3.63) is 57.1 Å². The van der Waals surface area contributed by atoms with Gasteiger partial charge in [0.15, 0.2) is 0 Å². The summed E-state index contributed by atoms with van der Waals surface area (Å²) in [5.41, 5.74) is 0.435. The van der Waals surface area contributed by atoms with Crippen molar-refractivity contribution in [1.82, 2.24) is 9.21 Å². The third-order valence-electron chi connectivity index (χ3n) is 5.72. The molecule has 176 valence electrons. The number of carbonyl (C=O) groups excluding carboxylic acids is 2. The van der Waals surface area contributed by atoms with Gasteiger partial charge in [0, 0.05) is 34.8 Å². The molecule has 2 aliphatic rings. The van der Waals surface area contributed by atoms with Crippen LogP contribution in [0.3, 0.4) is 0 Å². The monoisotopic (exact) mass is 603 g/mol. The summed E-state index contributed by atoms with van der Waals surface area (Å²) in [7, 11) is -4.05. The van der Waals surface area contributed by atoms with Gasteiger partial charge in [-0.2, -0.15) is 4.31 Å². The number of nitrogens with zero attached hydrogens (tertiary/aromatic N) is 3. The van der Waals surface area contributed by atoms with Crippen LogP contribution >= 0.6 is 34.2 Å². The summed E-state index contributed by atoms with van der Waals surface area (Å²) in [6, 6.07) is 11.7. The Kier molecular flexibility index (Phi) is 7.71. The van der Waals surface area contributed by atoms with E-state index in [4.69, 9.17) is 16.3 Å². The summed E-state index contributed by atoms with van der Waals surface area (Å²) in [4.78, 5) is 29.4. The predicted octanol–water partition coefficient (Wildman–Crippen LogP) is 2.60. The van der Waals surface area contributed by atoms with E-state index in [2.05, 4.69) is 27.5 Å². The lowest BCUT2D eigenvalue weighted by atomic mass is 10.2. The Morgan fingerprint density at radius 1 is 1.03 bits per heavy atom. The van der Waals surface area contributed by atoms with E-state index < -0.39 is 27.9 Å². The van der Waals surface area contributed by atoms with E-state index in [0.717, 1.165) is 8.47 Å². The zero-order valence-corrected chi connectivity index (χ0v) is 21.4. The van der Waals surface area contributed by atoms with Crippen molar-refractivity contribution in [3.63, 3.8) is 0 Å². The Morgan fingerprint density at radius 3 is 2.30 bits per heavy atom. The van der Waals surface area contributed by atoms with Crippen LogP contribution in [0.1, 0.15) is 6.42 Å². The molecule has 1 unspecified atom stereocenters. The number of amides is 2. The van der Waals surface area contributed by atoms with E-state index in [-0.39, 0.29) is 17.9 Å². The molecule has 0 N–H and O–H groups in total. The summed E-state index contributed by atoms with van der Waals surface area (Å²) >= 11 is 8.08. The highest BCUT2D eigenvalue weighted by atomic mass is 127. The van der Waals surface area contributed by atoms with Gasteiger partial charge in [-0.1, -0.05) is 11.6 Å². The van der Waals surface area contributed by atoms with E-state index in [1.165, 1.54) is 28.6 Å². The molecule has 4 rings (SSSR count). The van der Waals surface area contributed by atoms with Gasteiger partial charge in [-0.15, -0.1) is 0 Å². The van der Waals surface area contributed by atoms with E-state index in [0.29, 0.717) is 43.6 Å². The minimum Gasteiger partial charge on any atom is -0.379 e. The highest BCUT2D eigenvalue weighted by Crippen LogP contribution is 2.30. The van der Waals surface area contributed by atoms with Gasteiger partial charge in [-0.05, 0) is 71.1 Å². The molecule has 0 aromatic heterocycles. The summed E-state index contributed by atoms with van der Waals surface area (Å²) < 4.78 is 34.7. The number of halogens is 2. The number of morpholine rings is 1. The molecule has 0 bridgehead atoms. The first kappa shape index (κ1) is 24.6. The second-order valence-electron chi connectivity index (χ2n) is 7.79. The summed E-state index contributed by atoms with van der Waals surface area (Å²) in [6.07, 6.45) is -0.208. The van der Waals surface area contributed by atoms with Gasteiger partial charge in [0.25, 0.3) is 5.91 Å². The van der Waals surface area contributed by atoms with Gasteiger partial charge in [0.05, 0.1) is 30.2 Å². The first-order chi connectivity index (χ1) is 15.8. The molecule has 2 saturated heterocycles. The largest absolute Gasteiger partial charge is 0.379 e. The SMILES string of the molecule is O=C1CC(N(CCN2CCOCC2)S(=O)(=O)c2ccc(Cl)cc2)C(=O)N1c1ccc(I)cc1. The topological polar surface area (TPSA) is 87.2 Å². The summed E-state index contributed by atoms with van der Waals surface area (Å²) in [6.45, 7) is 3.02. The molecule has 0 saturated carbocycles. The molecule has 0 radical (unpaired) electrons. The molecule has 2 heterocycles. The number of imide groups is 1. The zero-order valence-electron chi connectivity index (χ0n) is 17.7. The standard InChI is InChI=1S/C22H23ClIN3O5S/c23-16-1-7-19(8-2-16)33(30,31)26(10-9-25-11-13-32-14-12-25)20-15-21(28)27(22(20)29)18-5-3-17(24)4-6-18/h1-8,20H,9-15H2. The normalized spacial score (nSPS) is 20.1. The molecule has 2 aromatic carbocycles. The van der Waals surface area contributed by atoms with Crippen LogP contribution in [0.25, 0.3) is 0 Å². The predicted molar refractivity (Wildman–Crippen MR) is 133 cm³/mol. The maximum atomic E-state index is 13.6. The van der Waals surface area contributed by atoms with Gasteiger partial charge >= 0.3 is 0 Å². The average Bonchev–Trinajstić information content (AvgIpc) is 3.09. The Hall–Kier alpha value is -1.57. The number of rotatable bonds is 7. The van der Waals surface area contributed by atoms with Crippen LogP contribution in [-0.2, 0) is 24.3 Å². The fraction of sp³-hybridized carbons (Fsp3) is 0.364. The molecule has 2 amide bonds. The van der Waals surface area contributed by atoms with Gasteiger partial charge in [0.1, 0.15) is 6.04 Å². The second-order valence-corrected chi connectivity index (χ2v) is 11.4. The second kappa shape index (κ2) is 10.4. The van der Waals surface area contributed by atoms with Crippen LogP contribution in [-0.4, -0.2) is 74.9 Å². The zero-order chi connectivity index (χ0) is 23.6. The van der Waals surface area contributed by atoms with E-state index in [1.54, 1.807) is 24.3 Å². The fourth-order valence-electron chi connectivity index (χ4n) is 3.95. The summed E-state index contributed by atoms with van der Waals surface area (Å²) in [5, 5.41) is 0.408. The Bertz CT molecular complexity index is 1120. The quantitative estimate of drug-likeness (QED) is 0.357. The Balaban J connectivity index is 1.64. The van der Waals surface area contributed by atoms with Crippen LogP contribution in [0.4, 0.5) is 5.69 Å². The van der Waals surface area contributed by atoms with Crippen LogP contribution in [0.15, 0.2) is 53.4 Å². The number of anilines is 1. The highest BCUT2D eigenvalue weighted by molar-refractivity contribution is 14.1. The van der Waals surface area contributed by atoms with Crippen molar-refractivity contribution in [2.24, 2.45) is 0 Å². The van der Waals surface area contributed by atoms with Crippen molar-refractivity contribution in [3.8, 4) is 0 Å². The lowest BCUT2D eigenvalue weighted by Gasteiger charge is -2.31. The number of carbonyl (C=O) groups is 2.